The van der Waals surface area contributed by atoms with Crippen molar-refractivity contribution in [2.75, 3.05) is 13.7 Å². The summed E-state index contributed by atoms with van der Waals surface area (Å²) in [6.45, 7) is 3.53. The molecule has 0 aliphatic carbocycles. The predicted molar refractivity (Wildman–Crippen MR) is 87.3 cm³/mol. The second-order valence-electron chi connectivity index (χ2n) is 5.45. The SMILES string of the molecule is COCCC(NC(=O)c1cccc(S(=O)(=O)NC(C)C)c1)C(=O)O. The molecule has 1 atom stereocenters. The van der Waals surface area contributed by atoms with Crippen LogP contribution in [-0.4, -0.2) is 51.2 Å². The third-order valence-electron chi connectivity index (χ3n) is 3.01. The quantitative estimate of drug-likeness (QED) is 0.594. The number of nitrogens with one attached hydrogen (secondary N) is 2. The highest BCUT2D eigenvalue weighted by Crippen LogP contribution is 2.12. The van der Waals surface area contributed by atoms with E-state index in [1.54, 1.807) is 13.8 Å². The van der Waals surface area contributed by atoms with Gasteiger partial charge in [0.15, 0.2) is 0 Å². The Morgan fingerprint density at radius 2 is 1.96 bits per heavy atom. The molecule has 0 aliphatic heterocycles. The molecular formula is C15H22N2O6S. The molecule has 1 rings (SSSR count). The van der Waals surface area contributed by atoms with Crippen LogP contribution in [0.15, 0.2) is 29.2 Å². The Labute approximate surface area is 141 Å². The summed E-state index contributed by atoms with van der Waals surface area (Å²) in [4.78, 5) is 23.3. The minimum Gasteiger partial charge on any atom is -0.480 e. The van der Waals surface area contributed by atoms with Gasteiger partial charge in [0, 0.05) is 31.7 Å². The average molecular weight is 358 g/mol. The van der Waals surface area contributed by atoms with Crippen LogP contribution in [0.1, 0.15) is 30.6 Å². The first-order chi connectivity index (χ1) is 11.2. The zero-order chi connectivity index (χ0) is 18.3. The van der Waals surface area contributed by atoms with Crippen LogP contribution in [0.5, 0.6) is 0 Å². The highest BCUT2D eigenvalue weighted by molar-refractivity contribution is 7.89. The Balaban J connectivity index is 2.96. The molecule has 1 amide bonds. The van der Waals surface area contributed by atoms with Gasteiger partial charge in [-0.25, -0.2) is 17.9 Å². The summed E-state index contributed by atoms with van der Waals surface area (Å²) in [6.07, 6.45) is 0.102. The van der Waals surface area contributed by atoms with E-state index in [0.717, 1.165) is 0 Å². The van der Waals surface area contributed by atoms with Crippen molar-refractivity contribution in [3.63, 3.8) is 0 Å². The van der Waals surface area contributed by atoms with E-state index >= 15 is 0 Å². The lowest BCUT2D eigenvalue weighted by molar-refractivity contribution is -0.139. The molecule has 3 N–H and O–H groups in total. The summed E-state index contributed by atoms with van der Waals surface area (Å²) in [5, 5.41) is 11.5. The zero-order valence-electron chi connectivity index (χ0n) is 13.8. The Hall–Kier alpha value is -1.97. The average Bonchev–Trinajstić information content (AvgIpc) is 2.49. The Morgan fingerprint density at radius 3 is 2.50 bits per heavy atom. The molecule has 1 aromatic carbocycles. The number of carbonyl (C=O) groups is 2. The summed E-state index contributed by atoms with van der Waals surface area (Å²) in [5.74, 6) is -1.86. The van der Waals surface area contributed by atoms with E-state index in [2.05, 4.69) is 10.0 Å². The van der Waals surface area contributed by atoms with Crippen LogP contribution < -0.4 is 10.0 Å². The molecule has 0 aliphatic rings. The molecule has 0 spiro atoms. The summed E-state index contributed by atoms with van der Waals surface area (Å²) < 4.78 is 31.5. The molecule has 0 heterocycles. The third kappa shape index (κ3) is 5.91. The first-order valence-electron chi connectivity index (χ1n) is 7.32. The molecule has 24 heavy (non-hydrogen) atoms. The van der Waals surface area contributed by atoms with Crippen molar-refractivity contribution in [2.24, 2.45) is 0 Å². The Kier molecular flexibility index (Phi) is 7.33. The van der Waals surface area contributed by atoms with Crippen LogP contribution in [0.2, 0.25) is 0 Å². The van der Waals surface area contributed by atoms with E-state index < -0.39 is 27.9 Å². The normalized spacial score (nSPS) is 12.8. The van der Waals surface area contributed by atoms with Crippen molar-refractivity contribution in [3.05, 3.63) is 29.8 Å². The lowest BCUT2D eigenvalue weighted by atomic mass is 10.1. The maximum absolute atomic E-state index is 12.2. The largest absolute Gasteiger partial charge is 0.480 e. The first kappa shape index (κ1) is 20.1. The molecule has 1 unspecified atom stereocenters. The van der Waals surface area contributed by atoms with Gasteiger partial charge in [-0.1, -0.05) is 6.07 Å². The number of rotatable bonds is 9. The van der Waals surface area contributed by atoms with Gasteiger partial charge in [-0.3, -0.25) is 4.79 Å². The maximum Gasteiger partial charge on any atom is 0.326 e. The molecule has 0 fully saturated rings. The topological polar surface area (TPSA) is 122 Å². The van der Waals surface area contributed by atoms with Crippen molar-refractivity contribution in [2.45, 2.75) is 37.2 Å². The highest BCUT2D eigenvalue weighted by atomic mass is 32.2. The standard InChI is InChI=1S/C15H22N2O6S/c1-10(2)17-24(21,22)12-6-4-5-11(9-12)14(18)16-13(15(19)20)7-8-23-3/h4-6,9-10,13,17H,7-8H2,1-3H3,(H,16,18)(H,19,20). The van der Waals surface area contributed by atoms with Crippen molar-refractivity contribution < 1.29 is 27.9 Å². The van der Waals surface area contributed by atoms with Gasteiger partial charge >= 0.3 is 5.97 Å². The fourth-order valence-corrected chi connectivity index (χ4v) is 3.21. The first-order valence-corrected chi connectivity index (χ1v) is 8.80. The van der Waals surface area contributed by atoms with Crippen molar-refractivity contribution in [1.82, 2.24) is 10.0 Å². The molecule has 0 bridgehead atoms. The number of amides is 1. The van der Waals surface area contributed by atoms with Crippen molar-refractivity contribution >= 4 is 21.9 Å². The zero-order valence-corrected chi connectivity index (χ0v) is 14.6. The minimum absolute atomic E-state index is 0.0605. The van der Waals surface area contributed by atoms with Gasteiger partial charge in [0.05, 0.1) is 4.90 Å². The number of hydrogen-bond acceptors (Lipinski definition) is 5. The van der Waals surface area contributed by atoms with Gasteiger partial charge in [-0.15, -0.1) is 0 Å². The van der Waals surface area contributed by atoms with Crippen LogP contribution >= 0.6 is 0 Å². The van der Waals surface area contributed by atoms with Gasteiger partial charge in [0.25, 0.3) is 5.91 Å². The molecule has 0 saturated carbocycles. The van der Waals surface area contributed by atoms with Crippen LogP contribution in [0.4, 0.5) is 0 Å². The number of carbonyl (C=O) groups excluding carboxylic acids is 1. The fraction of sp³-hybridized carbons (Fsp3) is 0.467. The summed E-state index contributed by atoms with van der Waals surface area (Å²) >= 11 is 0. The molecule has 8 nitrogen and oxygen atoms in total. The van der Waals surface area contributed by atoms with E-state index in [-0.39, 0.29) is 29.5 Å². The van der Waals surface area contributed by atoms with E-state index in [1.807, 2.05) is 0 Å². The number of benzene rings is 1. The van der Waals surface area contributed by atoms with E-state index in [1.165, 1.54) is 31.4 Å². The lowest BCUT2D eigenvalue weighted by Gasteiger charge is -2.15. The van der Waals surface area contributed by atoms with Gasteiger partial charge < -0.3 is 15.2 Å². The van der Waals surface area contributed by atoms with Crippen LogP contribution in [-0.2, 0) is 19.6 Å². The molecule has 9 heteroatoms. The molecule has 0 saturated heterocycles. The smallest absolute Gasteiger partial charge is 0.326 e. The number of aliphatic carboxylic acids is 1. The van der Waals surface area contributed by atoms with Gasteiger partial charge in [0.2, 0.25) is 10.0 Å². The monoisotopic (exact) mass is 358 g/mol. The molecule has 134 valence electrons. The second kappa shape index (κ2) is 8.76. The Morgan fingerprint density at radius 1 is 1.29 bits per heavy atom. The second-order valence-corrected chi connectivity index (χ2v) is 7.16. The predicted octanol–water partition coefficient (Wildman–Crippen LogP) is 0.593. The summed E-state index contributed by atoms with van der Waals surface area (Å²) in [7, 11) is -2.31. The van der Waals surface area contributed by atoms with Crippen LogP contribution in [0, 0.1) is 0 Å². The Bertz CT molecular complexity index is 687. The van der Waals surface area contributed by atoms with E-state index in [9.17, 15) is 18.0 Å². The van der Waals surface area contributed by atoms with Gasteiger partial charge in [-0.05, 0) is 32.0 Å². The number of ether oxygens (including phenoxy) is 1. The van der Waals surface area contributed by atoms with Crippen molar-refractivity contribution in [3.8, 4) is 0 Å². The summed E-state index contributed by atoms with van der Waals surface area (Å²) in [5.41, 5.74) is 0.0605. The fourth-order valence-electron chi connectivity index (χ4n) is 1.92. The number of carboxylic acid groups (broad SMARTS) is 1. The molecule has 1 aromatic rings. The molecular weight excluding hydrogens is 336 g/mol. The van der Waals surface area contributed by atoms with Gasteiger partial charge in [0.1, 0.15) is 6.04 Å². The molecule has 0 aromatic heterocycles. The number of carboxylic acids is 1. The van der Waals surface area contributed by atoms with E-state index in [0.29, 0.717) is 0 Å². The maximum atomic E-state index is 12.2. The molecule has 0 radical (unpaired) electrons. The van der Waals surface area contributed by atoms with Crippen LogP contribution in [0.3, 0.4) is 0 Å². The summed E-state index contributed by atoms with van der Waals surface area (Å²) in [6, 6.07) is 3.99. The van der Waals surface area contributed by atoms with Crippen molar-refractivity contribution in [1.29, 1.82) is 0 Å². The number of methoxy groups -OCH3 is 1. The number of sulfonamides is 1. The number of hydrogen-bond donors (Lipinski definition) is 3. The third-order valence-corrected chi connectivity index (χ3v) is 4.67. The lowest BCUT2D eigenvalue weighted by Crippen LogP contribution is -2.41. The van der Waals surface area contributed by atoms with Gasteiger partial charge in [-0.2, -0.15) is 0 Å². The van der Waals surface area contributed by atoms with Crippen LogP contribution in [0.25, 0.3) is 0 Å². The van der Waals surface area contributed by atoms with E-state index in [4.69, 9.17) is 9.84 Å². The minimum atomic E-state index is -3.74. The highest BCUT2D eigenvalue weighted by Gasteiger charge is 2.22.